The molecule has 8 heteroatoms. The topological polar surface area (TPSA) is 99.8 Å². The van der Waals surface area contributed by atoms with E-state index in [1.165, 1.54) is 0 Å². The van der Waals surface area contributed by atoms with Crippen LogP contribution >= 0.6 is 0 Å². The van der Waals surface area contributed by atoms with Crippen molar-refractivity contribution in [3.8, 4) is 17.1 Å². The van der Waals surface area contributed by atoms with Crippen molar-refractivity contribution in [2.75, 3.05) is 20.2 Å². The second-order valence-corrected chi connectivity index (χ2v) is 7.16. The van der Waals surface area contributed by atoms with Crippen LogP contribution in [-0.4, -0.2) is 56.2 Å². The first-order valence-electron chi connectivity index (χ1n) is 9.44. The van der Waals surface area contributed by atoms with E-state index in [0.29, 0.717) is 18.1 Å². The number of imidazole rings is 1. The SMILES string of the molecule is COc1cccc(-c2nc(C(=O)N3CCC[C@H](c4n[nH]c(C)n4)C3)c(C)[nH]2)c1. The normalized spacial score (nSPS) is 17.0. The Bertz CT molecular complexity index is 992. The second kappa shape index (κ2) is 7.46. The van der Waals surface area contributed by atoms with E-state index in [9.17, 15) is 4.79 Å². The summed E-state index contributed by atoms with van der Waals surface area (Å²) in [6.07, 6.45) is 1.91. The van der Waals surface area contributed by atoms with Crippen LogP contribution in [0.15, 0.2) is 24.3 Å². The van der Waals surface area contributed by atoms with Gasteiger partial charge in [0.15, 0.2) is 5.82 Å². The molecule has 1 saturated heterocycles. The van der Waals surface area contributed by atoms with Crippen molar-refractivity contribution in [2.24, 2.45) is 0 Å². The van der Waals surface area contributed by atoms with E-state index in [4.69, 9.17) is 4.74 Å². The number of amides is 1. The third kappa shape index (κ3) is 3.49. The Morgan fingerprint density at radius 3 is 2.89 bits per heavy atom. The minimum absolute atomic E-state index is 0.0557. The number of methoxy groups -OCH3 is 1. The van der Waals surface area contributed by atoms with Crippen molar-refractivity contribution >= 4 is 5.91 Å². The third-order valence-corrected chi connectivity index (χ3v) is 5.12. The number of rotatable bonds is 4. The molecule has 0 bridgehead atoms. The van der Waals surface area contributed by atoms with Gasteiger partial charge in [0.1, 0.15) is 23.1 Å². The lowest BCUT2D eigenvalue weighted by Crippen LogP contribution is -2.39. The molecule has 28 heavy (non-hydrogen) atoms. The molecule has 1 atom stereocenters. The van der Waals surface area contributed by atoms with Gasteiger partial charge in [-0.3, -0.25) is 9.89 Å². The van der Waals surface area contributed by atoms with Crippen LogP contribution in [0, 0.1) is 13.8 Å². The van der Waals surface area contributed by atoms with Gasteiger partial charge in [0.2, 0.25) is 0 Å². The molecule has 0 saturated carbocycles. The predicted molar refractivity (Wildman–Crippen MR) is 104 cm³/mol. The van der Waals surface area contributed by atoms with E-state index in [1.54, 1.807) is 7.11 Å². The number of carbonyl (C=O) groups excluding carboxylic acids is 1. The number of aryl methyl sites for hydroxylation is 2. The zero-order valence-corrected chi connectivity index (χ0v) is 16.3. The number of benzene rings is 1. The van der Waals surface area contributed by atoms with Gasteiger partial charge in [0.05, 0.1) is 7.11 Å². The van der Waals surface area contributed by atoms with Gasteiger partial charge >= 0.3 is 0 Å². The van der Waals surface area contributed by atoms with Crippen LogP contribution in [0.4, 0.5) is 0 Å². The van der Waals surface area contributed by atoms with E-state index < -0.39 is 0 Å². The van der Waals surface area contributed by atoms with Crippen molar-refractivity contribution in [1.29, 1.82) is 0 Å². The molecule has 0 spiro atoms. The Kier molecular flexibility index (Phi) is 4.85. The lowest BCUT2D eigenvalue weighted by Gasteiger charge is -2.31. The molecule has 3 heterocycles. The largest absolute Gasteiger partial charge is 0.497 e. The maximum Gasteiger partial charge on any atom is 0.274 e. The molecule has 0 radical (unpaired) electrons. The Morgan fingerprint density at radius 1 is 1.29 bits per heavy atom. The van der Waals surface area contributed by atoms with E-state index in [-0.39, 0.29) is 11.8 Å². The summed E-state index contributed by atoms with van der Waals surface area (Å²) < 4.78 is 5.28. The first kappa shape index (κ1) is 18.2. The van der Waals surface area contributed by atoms with Crippen molar-refractivity contribution in [2.45, 2.75) is 32.6 Å². The summed E-state index contributed by atoms with van der Waals surface area (Å²) >= 11 is 0. The summed E-state index contributed by atoms with van der Waals surface area (Å²) in [5.41, 5.74) is 2.11. The standard InChI is InChI=1S/C20H24N6O2/c1-12-17(23-18(21-12)14-6-4-8-16(10-14)28-3)20(27)26-9-5-7-15(11-26)19-22-13(2)24-25-19/h4,6,8,10,15H,5,7,9,11H2,1-3H3,(H,21,23)(H,22,24,25)/t15-/m0/s1. The number of nitrogens with one attached hydrogen (secondary N) is 2. The van der Waals surface area contributed by atoms with Gasteiger partial charge in [-0.1, -0.05) is 12.1 Å². The predicted octanol–water partition coefficient (Wildman–Crippen LogP) is 2.84. The highest BCUT2D eigenvalue weighted by molar-refractivity contribution is 5.94. The quantitative estimate of drug-likeness (QED) is 0.725. The summed E-state index contributed by atoms with van der Waals surface area (Å²) in [4.78, 5) is 27.3. The van der Waals surface area contributed by atoms with Crippen molar-refractivity contribution in [3.05, 3.63) is 47.3 Å². The highest BCUT2D eigenvalue weighted by Crippen LogP contribution is 2.27. The van der Waals surface area contributed by atoms with Gasteiger partial charge in [-0.05, 0) is 38.8 Å². The average Bonchev–Trinajstić information content (AvgIpc) is 3.33. The molecule has 0 aliphatic carbocycles. The Labute approximate surface area is 163 Å². The van der Waals surface area contributed by atoms with Crippen molar-refractivity contribution in [3.63, 3.8) is 0 Å². The van der Waals surface area contributed by atoms with Crippen LogP contribution in [0.5, 0.6) is 5.75 Å². The van der Waals surface area contributed by atoms with E-state index in [0.717, 1.165) is 48.0 Å². The third-order valence-electron chi connectivity index (χ3n) is 5.12. The second-order valence-electron chi connectivity index (χ2n) is 7.16. The molecule has 1 aliphatic heterocycles. The van der Waals surface area contributed by atoms with Crippen LogP contribution < -0.4 is 4.74 Å². The summed E-state index contributed by atoms with van der Waals surface area (Å²) in [6.45, 7) is 5.09. The first-order valence-corrected chi connectivity index (χ1v) is 9.44. The molecule has 3 aromatic rings. The molecule has 4 rings (SSSR count). The molecular formula is C20H24N6O2. The van der Waals surface area contributed by atoms with Gasteiger partial charge in [0, 0.05) is 30.3 Å². The fraction of sp³-hybridized carbons (Fsp3) is 0.400. The Balaban J connectivity index is 1.55. The molecule has 1 aromatic carbocycles. The summed E-state index contributed by atoms with van der Waals surface area (Å²) in [7, 11) is 1.63. The van der Waals surface area contributed by atoms with E-state index in [2.05, 4.69) is 25.1 Å². The Morgan fingerprint density at radius 2 is 2.14 bits per heavy atom. The number of H-pyrrole nitrogens is 2. The van der Waals surface area contributed by atoms with Crippen molar-refractivity contribution < 1.29 is 9.53 Å². The number of piperidine rings is 1. The molecule has 1 amide bonds. The maximum atomic E-state index is 13.1. The molecule has 1 aliphatic rings. The fourth-order valence-electron chi connectivity index (χ4n) is 3.64. The van der Waals surface area contributed by atoms with E-state index in [1.807, 2.05) is 43.0 Å². The van der Waals surface area contributed by atoms with Crippen LogP contribution in [0.2, 0.25) is 0 Å². The lowest BCUT2D eigenvalue weighted by atomic mass is 9.97. The highest BCUT2D eigenvalue weighted by atomic mass is 16.5. The summed E-state index contributed by atoms with van der Waals surface area (Å²) in [6, 6.07) is 7.62. The Hall–Kier alpha value is -3.16. The molecule has 0 unspecified atom stereocenters. The van der Waals surface area contributed by atoms with Crippen LogP contribution in [0.3, 0.4) is 0 Å². The number of nitrogens with zero attached hydrogens (tertiary/aromatic N) is 4. The molecule has 2 aromatic heterocycles. The number of likely N-dealkylation sites (tertiary alicyclic amines) is 1. The van der Waals surface area contributed by atoms with Crippen LogP contribution in [-0.2, 0) is 0 Å². The minimum Gasteiger partial charge on any atom is -0.497 e. The number of ether oxygens (including phenoxy) is 1. The number of carbonyl (C=O) groups is 1. The van der Waals surface area contributed by atoms with Crippen LogP contribution in [0.1, 0.15) is 46.6 Å². The van der Waals surface area contributed by atoms with Gasteiger partial charge in [-0.2, -0.15) is 5.10 Å². The number of aromatic amines is 2. The summed E-state index contributed by atoms with van der Waals surface area (Å²) in [5.74, 6) is 3.09. The minimum atomic E-state index is -0.0557. The molecular weight excluding hydrogens is 356 g/mol. The van der Waals surface area contributed by atoms with Crippen molar-refractivity contribution in [1.82, 2.24) is 30.0 Å². The van der Waals surface area contributed by atoms with Gasteiger partial charge in [-0.25, -0.2) is 9.97 Å². The first-order chi connectivity index (χ1) is 13.5. The summed E-state index contributed by atoms with van der Waals surface area (Å²) in [5, 5.41) is 7.17. The number of hydrogen-bond donors (Lipinski definition) is 2. The molecule has 146 valence electrons. The zero-order valence-electron chi connectivity index (χ0n) is 16.3. The monoisotopic (exact) mass is 380 g/mol. The molecule has 2 N–H and O–H groups in total. The maximum absolute atomic E-state index is 13.1. The van der Waals surface area contributed by atoms with Gasteiger partial charge < -0.3 is 14.6 Å². The molecule has 8 nitrogen and oxygen atoms in total. The average molecular weight is 380 g/mol. The zero-order chi connectivity index (χ0) is 19.7. The van der Waals surface area contributed by atoms with E-state index >= 15 is 0 Å². The number of aromatic nitrogens is 5. The smallest absolute Gasteiger partial charge is 0.274 e. The van der Waals surface area contributed by atoms with Crippen LogP contribution in [0.25, 0.3) is 11.4 Å². The molecule has 1 fully saturated rings. The fourth-order valence-corrected chi connectivity index (χ4v) is 3.64. The highest BCUT2D eigenvalue weighted by Gasteiger charge is 2.29. The van der Waals surface area contributed by atoms with Gasteiger partial charge in [0.25, 0.3) is 5.91 Å². The lowest BCUT2D eigenvalue weighted by molar-refractivity contribution is 0.0698. The number of hydrogen-bond acceptors (Lipinski definition) is 5. The van der Waals surface area contributed by atoms with Gasteiger partial charge in [-0.15, -0.1) is 0 Å².